The summed E-state index contributed by atoms with van der Waals surface area (Å²) in [6.07, 6.45) is 4.87. The maximum absolute atomic E-state index is 12.3. The smallest absolute Gasteiger partial charge is 0.301 e. The van der Waals surface area contributed by atoms with Crippen molar-refractivity contribution in [3.63, 3.8) is 0 Å². The molecule has 0 unspecified atom stereocenters. The zero-order chi connectivity index (χ0) is 15.6. The second kappa shape index (κ2) is 10.8. The highest BCUT2D eigenvalue weighted by atomic mass is 79.9. The van der Waals surface area contributed by atoms with E-state index in [0.717, 1.165) is 25.0 Å². The molecule has 0 radical (unpaired) electrons. The van der Waals surface area contributed by atoms with Gasteiger partial charge in [0, 0.05) is 31.5 Å². The molecule has 6 heteroatoms. The summed E-state index contributed by atoms with van der Waals surface area (Å²) in [5.74, 6) is 0. The summed E-state index contributed by atoms with van der Waals surface area (Å²) in [5.41, 5.74) is 0. The molecule has 1 aliphatic rings. The van der Waals surface area contributed by atoms with Crippen molar-refractivity contribution in [3.05, 3.63) is 0 Å². The molecule has 0 amide bonds. The van der Waals surface area contributed by atoms with E-state index >= 15 is 0 Å². The van der Waals surface area contributed by atoms with E-state index in [9.17, 15) is 13.2 Å². The van der Waals surface area contributed by atoms with Gasteiger partial charge in [-0.1, -0.05) is 48.0 Å². The number of piperazine rings is 1. The molecular formula is C15H28BrF3N2. The molecule has 0 saturated carbocycles. The summed E-state index contributed by atoms with van der Waals surface area (Å²) in [4.78, 5) is 3.82. The standard InChI is InChI=1S/C15H28BrF3N2/c16-8-6-4-2-1-3-5-7-9-20-10-12-21(13-11-20)14-15(17,18)19/h1-14H2. The van der Waals surface area contributed by atoms with E-state index in [4.69, 9.17) is 0 Å². The quantitative estimate of drug-likeness (QED) is 0.416. The molecule has 0 spiro atoms. The molecule has 0 atom stereocenters. The Morgan fingerprint density at radius 1 is 0.714 bits per heavy atom. The Hall–Kier alpha value is 0.190. The highest BCUT2D eigenvalue weighted by Crippen LogP contribution is 2.17. The van der Waals surface area contributed by atoms with Crippen LogP contribution in [0.1, 0.15) is 44.9 Å². The minimum Gasteiger partial charge on any atom is -0.301 e. The normalized spacial score (nSPS) is 18.3. The summed E-state index contributed by atoms with van der Waals surface area (Å²) in [7, 11) is 0. The van der Waals surface area contributed by atoms with Crippen LogP contribution in [0, 0.1) is 0 Å². The van der Waals surface area contributed by atoms with E-state index in [1.165, 1.54) is 49.8 Å². The van der Waals surface area contributed by atoms with Crippen molar-refractivity contribution in [1.29, 1.82) is 0 Å². The molecular weight excluding hydrogens is 345 g/mol. The van der Waals surface area contributed by atoms with Crippen LogP contribution >= 0.6 is 15.9 Å². The van der Waals surface area contributed by atoms with E-state index in [0.29, 0.717) is 13.1 Å². The van der Waals surface area contributed by atoms with Gasteiger partial charge in [0.1, 0.15) is 0 Å². The summed E-state index contributed by atoms with van der Waals surface area (Å²) >= 11 is 3.44. The van der Waals surface area contributed by atoms with Crippen LogP contribution in [-0.4, -0.2) is 60.6 Å². The first-order chi connectivity index (χ1) is 10.0. The van der Waals surface area contributed by atoms with Crippen molar-refractivity contribution in [3.8, 4) is 0 Å². The van der Waals surface area contributed by atoms with Crippen molar-refractivity contribution in [2.45, 2.75) is 51.1 Å². The SMILES string of the molecule is FC(F)(F)CN1CCN(CCCCCCCCCBr)CC1. The molecule has 1 heterocycles. The fraction of sp³-hybridized carbons (Fsp3) is 1.00. The van der Waals surface area contributed by atoms with Crippen LogP contribution < -0.4 is 0 Å². The second-order valence-corrected chi connectivity index (χ2v) is 6.69. The minimum absolute atomic E-state index is 0.548. The zero-order valence-electron chi connectivity index (χ0n) is 12.8. The summed E-state index contributed by atoms with van der Waals surface area (Å²) in [6.45, 7) is 2.94. The van der Waals surface area contributed by atoms with Gasteiger partial charge in [0.2, 0.25) is 0 Å². The van der Waals surface area contributed by atoms with Gasteiger partial charge < -0.3 is 4.90 Å². The molecule has 1 fully saturated rings. The van der Waals surface area contributed by atoms with E-state index in [1.807, 2.05) is 0 Å². The number of hydrogen-bond acceptors (Lipinski definition) is 2. The fourth-order valence-electron chi connectivity index (χ4n) is 2.74. The van der Waals surface area contributed by atoms with E-state index in [1.54, 1.807) is 0 Å². The third kappa shape index (κ3) is 10.5. The molecule has 2 nitrogen and oxygen atoms in total. The predicted octanol–water partition coefficient (Wildman–Crippen LogP) is 4.29. The van der Waals surface area contributed by atoms with E-state index < -0.39 is 12.7 Å². The first-order valence-corrected chi connectivity index (χ1v) is 9.21. The van der Waals surface area contributed by atoms with Crippen molar-refractivity contribution in [1.82, 2.24) is 9.80 Å². The Bertz CT molecular complexity index is 254. The molecule has 0 aliphatic carbocycles. The Labute approximate surface area is 135 Å². The monoisotopic (exact) mass is 372 g/mol. The number of hydrogen-bond donors (Lipinski definition) is 0. The fourth-order valence-corrected chi connectivity index (χ4v) is 3.13. The van der Waals surface area contributed by atoms with Gasteiger partial charge in [0.25, 0.3) is 0 Å². The molecule has 1 aliphatic heterocycles. The van der Waals surface area contributed by atoms with E-state index in [2.05, 4.69) is 20.8 Å². The first-order valence-electron chi connectivity index (χ1n) is 8.09. The van der Waals surface area contributed by atoms with Crippen LogP contribution in [0.4, 0.5) is 13.2 Å². The number of rotatable bonds is 10. The Morgan fingerprint density at radius 2 is 1.19 bits per heavy atom. The van der Waals surface area contributed by atoms with Gasteiger partial charge >= 0.3 is 6.18 Å². The van der Waals surface area contributed by atoms with Crippen LogP contribution in [0.3, 0.4) is 0 Å². The van der Waals surface area contributed by atoms with Gasteiger partial charge in [0.15, 0.2) is 0 Å². The van der Waals surface area contributed by atoms with Crippen LogP contribution in [0.25, 0.3) is 0 Å². The summed E-state index contributed by atoms with van der Waals surface area (Å²) in [5, 5.41) is 1.10. The number of alkyl halides is 4. The third-order valence-electron chi connectivity index (χ3n) is 3.98. The van der Waals surface area contributed by atoms with Crippen molar-refractivity contribution in [2.75, 3.05) is 44.6 Å². The molecule has 1 saturated heterocycles. The molecule has 126 valence electrons. The van der Waals surface area contributed by atoms with Crippen LogP contribution in [0.5, 0.6) is 0 Å². The van der Waals surface area contributed by atoms with Gasteiger partial charge in [-0.25, -0.2) is 0 Å². The number of unbranched alkanes of at least 4 members (excludes halogenated alkanes) is 6. The minimum atomic E-state index is -4.06. The van der Waals surface area contributed by atoms with Crippen LogP contribution in [0.2, 0.25) is 0 Å². The van der Waals surface area contributed by atoms with Gasteiger partial charge in [0.05, 0.1) is 6.54 Å². The first kappa shape index (κ1) is 19.2. The molecule has 0 bridgehead atoms. The van der Waals surface area contributed by atoms with Crippen molar-refractivity contribution in [2.24, 2.45) is 0 Å². The highest BCUT2D eigenvalue weighted by molar-refractivity contribution is 9.09. The molecule has 0 aromatic rings. The van der Waals surface area contributed by atoms with Crippen LogP contribution in [0.15, 0.2) is 0 Å². The molecule has 1 rings (SSSR count). The molecule has 0 aromatic carbocycles. The lowest BCUT2D eigenvalue weighted by Crippen LogP contribution is -2.49. The average Bonchev–Trinajstić information content (AvgIpc) is 2.42. The maximum atomic E-state index is 12.3. The van der Waals surface area contributed by atoms with Gasteiger partial charge in [-0.05, 0) is 19.4 Å². The lowest BCUT2D eigenvalue weighted by atomic mass is 10.1. The zero-order valence-corrected chi connectivity index (χ0v) is 14.4. The lowest BCUT2D eigenvalue weighted by molar-refractivity contribution is -0.149. The predicted molar refractivity (Wildman–Crippen MR) is 85.0 cm³/mol. The average molecular weight is 373 g/mol. The second-order valence-electron chi connectivity index (χ2n) is 5.90. The Kier molecular flexibility index (Phi) is 9.93. The largest absolute Gasteiger partial charge is 0.401 e. The molecule has 0 N–H and O–H groups in total. The van der Waals surface area contributed by atoms with Gasteiger partial charge in [-0.3, -0.25) is 4.90 Å². The third-order valence-corrected chi connectivity index (χ3v) is 4.54. The summed E-state index contributed by atoms with van der Waals surface area (Å²) in [6, 6.07) is 0. The van der Waals surface area contributed by atoms with Crippen molar-refractivity contribution < 1.29 is 13.2 Å². The molecule has 0 aromatic heterocycles. The maximum Gasteiger partial charge on any atom is 0.401 e. The van der Waals surface area contributed by atoms with Crippen LogP contribution in [-0.2, 0) is 0 Å². The summed E-state index contributed by atoms with van der Waals surface area (Å²) < 4.78 is 36.8. The topological polar surface area (TPSA) is 6.48 Å². The number of halogens is 4. The van der Waals surface area contributed by atoms with Crippen molar-refractivity contribution >= 4 is 15.9 Å². The van der Waals surface area contributed by atoms with E-state index in [-0.39, 0.29) is 0 Å². The highest BCUT2D eigenvalue weighted by Gasteiger charge is 2.31. The Balaban J connectivity index is 1.94. The Morgan fingerprint density at radius 3 is 1.71 bits per heavy atom. The lowest BCUT2D eigenvalue weighted by Gasteiger charge is -2.34. The number of nitrogens with zero attached hydrogens (tertiary/aromatic N) is 2. The molecule has 21 heavy (non-hydrogen) atoms. The van der Waals surface area contributed by atoms with Gasteiger partial charge in [-0.2, -0.15) is 13.2 Å². The van der Waals surface area contributed by atoms with Gasteiger partial charge in [-0.15, -0.1) is 0 Å².